The SMILES string of the molecule is O=C(N[C@@H](Cc1ccccc1)C(=O)Nc1ccc(Cn2ccccc2=O)cc1)OCc1ccccc1. The zero-order valence-corrected chi connectivity index (χ0v) is 19.7. The van der Waals surface area contributed by atoms with E-state index >= 15 is 0 Å². The van der Waals surface area contributed by atoms with E-state index in [0.717, 1.165) is 16.7 Å². The third-order valence-corrected chi connectivity index (χ3v) is 5.58. The molecule has 182 valence electrons. The van der Waals surface area contributed by atoms with Gasteiger partial charge >= 0.3 is 6.09 Å². The second-order valence-corrected chi connectivity index (χ2v) is 8.30. The number of hydrogen-bond donors (Lipinski definition) is 2. The second kappa shape index (κ2) is 12.2. The molecule has 0 spiro atoms. The summed E-state index contributed by atoms with van der Waals surface area (Å²) >= 11 is 0. The molecule has 7 nitrogen and oxygen atoms in total. The van der Waals surface area contributed by atoms with E-state index in [1.54, 1.807) is 35.0 Å². The Bertz CT molecular complexity index is 1340. The van der Waals surface area contributed by atoms with E-state index in [1.165, 1.54) is 6.07 Å². The van der Waals surface area contributed by atoms with Gasteiger partial charge in [0.05, 0.1) is 6.54 Å². The van der Waals surface area contributed by atoms with Gasteiger partial charge in [0, 0.05) is 24.4 Å². The van der Waals surface area contributed by atoms with Crippen LogP contribution in [0.2, 0.25) is 0 Å². The van der Waals surface area contributed by atoms with Crippen LogP contribution in [-0.2, 0) is 29.1 Å². The van der Waals surface area contributed by atoms with E-state index in [4.69, 9.17) is 4.74 Å². The first kappa shape index (κ1) is 24.5. The maximum absolute atomic E-state index is 13.1. The molecular formula is C29H27N3O4. The number of benzene rings is 3. The van der Waals surface area contributed by atoms with Crippen molar-refractivity contribution in [3.8, 4) is 0 Å². The van der Waals surface area contributed by atoms with Crippen LogP contribution in [0.1, 0.15) is 16.7 Å². The summed E-state index contributed by atoms with van der Waals surface area (Å²) in [6.07, 6.45) is 1.37. The fourth-order valence-corrected chi connectivity index (χ4v) is 3.68. The first-order valence-corrected chi connectivity index (χ1v) is 11.6. The minimum absolute atomic E-state index is 0.0798. The van der Waals surface area contributed by atoms with Crippen molar-refractivity contribution < 1.29 is 14.3 Å². The molecule has 4 rings (SSSR count). The van der Waals surface area contributed by atoms with Gasteiger partial charge in [-0.3, -0.25) is 9.59 Å². The molecule has 1 atom stereocenters. The maximum atomic E-state index is 13.1. The molecule has 0 saturated heterocycles. The van der Waals surface area contributed by atoms with E-state index in [2.05, 4.69) is 10.6 Å². The fourth-order valence-electron chi connectivity index (χ4n) is 3.68. The molecule has 0 aliphatic rings. The number of aromatic nitrogens is 1. The summed E-state index contributed by atoms with van der Waals surface area (Å²) < 4.78 is 6.93. The topological polar surface area (TPSA) is 89.4 Å². The van der Waals surface area contributed by atoms with Crippen LogP contribution in [0.15, 0.2) is 114 Å². The van der Waals surface area contributed by atoms with Gasteiger partial charge in [-0.25, -0.2) is 4.79 Å². The number of carbonyl (C=O) groups is 2. The molecule has 2 N–H and O–H groups in total. The third-order valence-electron chi connectivity index (χ3n) is 5.58. The van der Waals surface area contributed by atoms with Gasteiger partial charge in [0.2, 0.25) is 5.91 Å². The Morgan fingerprint density at radius 2 is 1.39 bits per heavy atom. The van der Waals surface area contributed by atoms with Crippen molar-refractivity contribution in [2.75, 3.05) is 5.32 Å². The standard InChI is InChI=1S/C29H27N3O4/c33-27-13-7-8-18-32(27)20-23-14-16-25(17-15-23)30-28(34)26(19-22-9-3-1-4-10-22)31-29(35)36-21-24-11-5-2-6-12-24/h1-18,26H,19-21H2,(H,30,34)(H,31,35)/t26-/m0/s1. The van der Waals surface area contributed by atoms with Crippen molar-refractivity contribution in [2.45, 2.75) is 25.6 Å². The molecule has 0 bridgehead atoms. The monoisotopic (exact) mass is 481 g/mol. The predicted octanol–water partition coefficient (Wildman–Crippen LogP) is 4.37. The summed E-state index contributed by atoms with van der Waals surface area (Å²) in [6.45, 7) is 0.539. The Balaban J connectivity index is 1.40. The zero-order valence-electron chi connectivity index (χ0n) is 19.7. The van der Waals surface area contributed by atoms with Crippen LogP contribution in [0.5, 0.6) is 0 Å². The fraction of sp³-hybridized carbons (Fsp3) is 0.138. The molecule has 36 heavy (non-hydrogen) atoms. The normalized spacial score (nSPS) is 11.3. The van der Waals surface area contributed by atoms with Crippen LogP contribution in [0.3, 0.4) is 0 Å². The van der Waals surface area contributed by atoms with Crippen molar-refractivity contribution in [1.29, 1.82) is 0 Å². The number of anilines is 1. The molecule has 0 radical (unpaired) electrons. The quantitative estimate of drug-likeness (QED) is 0.372. The number of hydrogen-bond acceptors (Lipinski definition) is 4. The highest BCUT2D eigenvalue weighted by Gasteiger charge is 2.22. The lowest BCUT2D eigenvalue weighted by Crippen LogP contribution is -2.45. The van der Waals surface area contributed by atoms with Gasteiger partial charge in [0.1, 0.15) is 12.6 Å². The predicted molar refractivity (Wildman–Crippen MR) is 139 cm³/mol. The Morgan fingerprint density at radius 3 is 2.06 bits per heavy atom. The Morgan fingerprint density at radius 1 is 0.750 bits per heavy atom. The van der Waals surface area contributed by atoms with Crippen molar-refractivity contribution in [1.82, 2.24) is 9.88 Å². The van der Waals surface area contributed by atoms with Gasteiger partial charge < -0.3 is 19.9 Å². The molecular weight excluding hydrogens is 454 g/mol. The number of pyridine rings is 1. The van der Waals surface area contributed by atoms with Crippen LogP contribution in [0.25, 0.3) is 0 Å². The first-order valence-electron chi connectivity index (χ1n) is 11.6. The lowest BCUT2D eigenvalue weighted by Gasteiger charge is -2.19. The number of rotatable bonds is 9. The molecule has 0 aliphatic carbocycles. The second-order valence-electron chi connectivity index (χ2n) is 8.30. The van der Waals surface area contributed by atoms with Crippen LogP contribution in [0.4, 0.5) is 10.5 Å². The molecule has 0 aliphatic heterocycles. The van der Waals surface area contributed by atoms with Gasteiger partial charge in [0.15, 0.2) is 0 Å². The minimum Gasteiger partial charge on any atom is -0.445 e. The number of nitrogens with one attached hydrogen (secondary N) is 2. The van der Waals surface area contributed by atoms with E-state index < -0.39 is 12.1 Å². The van der Waals surface area contributed by atoms with E-state index in [0.29, 0.717) is 18.7 Å². The first-order chi connectivity index (χ1) is 17.6. The van der Waals surface area contributed by atoms with Gasteiger partial charge in [-0.1, -0.05) is 78.9 Å². The van der Waals surface area contributed by atoms with Crippen LogP contribution in [-0.4, -0.2) is 22.6 Å². The molecule has 7 heteroatoms. The Hall–Kier alpha value is -4.65. The summed E-state index contributed by atoms with van der Waals surface area (Å²) in [5.41, 5.74) is 3.19. The zero-order chi connectivity index (χ0) is 25.2. The van der Waals surface area contributed by atoms with Gasteiger partial charge in [-0.05, 0) is 34.9 Å². The Kier molecular flexibility index (Phi) is 8.27. The number of alkyl carbamates (subject to hydrolysis) is 1. The smallest absolute Gasteiger partial charge is 0.408 e. The third kappa shape index (κ3) is 7.17. The molecule has 4 aromatic rings. The van der Waals surface area contributed by atoms with Crippen molar-refractivity contribution in [3.05, 3.63) is 136 Å². The van der Waals surface area contributed by atoms with Crippen molar-refractivity contribution in [3.63, 3.8) is 0 Å². The number of ether oxygens (including phenoxy) is 1. The average Bonchev–Trinajstić information content (AvgIpc) is 2.91. The van der Waals surface area contributed by atoms with E-state index in [-0.39, 0.29) is 18.1 Å². The highest BCUT2D eigenvalue weighted by Crippen LogP contribution is 2.13. The highest BCUT2D eigenvalue weighted by atomic mass is 16.5. The van der Waals surface area contributed by atoms with Crippen LogP contribution in [0, 0.1) is 0 Å². The van der Waals surface area contributed by atoms with Crippen molar-refractivity contribution in [2.24, 2.45) is 0 Å². The number of amides is 2. The average molecular weight is 482 g/mol. The van der Waals surface area contributed by atoms with Crippen molar-refractivity contribution >= 4 is 17.7 Å². The maximum Gasteiger partial charge on any atom is 0.408 e. The van der Waals surface area contributed by atoms with Gasteiger partial charge in [0.25, 0.3) is 5.56 Å². The molecule has 0 fully saturated rings. The molecule has 3 aromatic carbocycles. The molecule has 0 saturated carbocycles. The summed E-state index contributed by atoms with van der Waals surface area (Å²) in [5, 5.41) is 5.56. The van der Waals surface area contributed by atoms with E-state index in [9.17, 15) is 14.4 Å². The Labute approximate surface area is 209 Å². The summed E-state index contributed by atoms with van der Waals surface area (Å²) in [4.78, 5) is 37.5. The summed E-state index contributed by atoms with van der Waals surface area (Å²) in [5.74, 6) is -0.359. The van der Waals surface area contributed by atoms with Crippen LogP contribution >= 0.6 is 0 Å². The molecule has 1 aromatic heterocycles. The highest BCUT2D eigenvalue weighted by molar-refractivity contribution is 5.96. The summed E-state index contributed by atoms with van der Waals surface area (Å²) in [7, 11) is 0. The van der Waals surface area contributed by atoms with E-state index in [1.807, 2.05) is 72.8 Å². The largest absolute Gasteiger partial charge is 0.445 e. The minimum atomic E-state index is -0.835. The molecule has 0 unspecified atom stereocenters. The lowest BCUT2D eigenvalue weighted by molar-refractivity contribution is -0.118. The molecule has 1 heterocycles. The van der Waals surface area contributed by atoms with Crippen LogP contribution < -0.4 is 16.2 Å². The lowest BCUT2D eigenvalue weighted by atomic mass is 10.1. The number of nitrogens with zero attached hydrogens (tertiary/aromatic N) is 1. The number of carbonyl (C=O) groups excluding carboxylic acids is 2. The van der Waals surface area contributed by atoms with Gasteiger partial charge in [-0.15, -0.1) is 0 Å². The summed E-state index contributed by atoms with van der Waals surface area (Å²) in [6, 6.07) is 30.2. The molecule has 2 amide bonds. The van der Waals surface area contributed by atoms with Gasteiger partial charge in [-0.2, -0.15) is 0 Å².